The lowest BCUT2D eigenvalue weighted by atomic mass is 10.1. The van der Waals surface area contributed by atoms with Gasteiger partial charge in [0.1, 0.15) is 0 Å². The Labute approximate surface area is 120 Å². The molecule has 1 unspecified atom stereocenters. The second-order valence-corrected chi connectivity index (χ2v) is 6.43. The lowest BCUT2D eigenvalue weighted by Gasteiger charge is -2.24. The van der Waals surface area contributed by atoms with Crippen LogP contribution in [0.1, 0.15) is 37.6 Å². The van der Waals surface area contributed by atoms with Gasteiger partial charge < -0.3 is 4.90 Å². The molecule has 0 saturated carbocycles. The van der Waals surface area contributed by atoms with Gasteiger partial charge >= 0.3 is 0 Å². The van der Waals surface area contributed by atoms with Crippen molar-refractivity contribution < 1.29 is 13.2 Å². The largest absolute Gasteiger partial charge is 0.339 e. The third-order valence-corrected chi connectivity index (χ3v) is 4.29. The number of nitrogens with two attached hydrogens (primary N) is 1. The summed E-state index contributed by atoms with van der Waals surface area (Å²) in [5, 5.41) is 5.17. The van der Waals surface area contributed by atoms with Crippen LogP contribution < -0.4 is 5.14 Å². The van der Waals surface area contributed by atoms with E-state index in [0.717, 1.165) is 6.42 Å². The van der Waals surface area contributed by atoms with Gasteiger partial charge in [-0.15, -0.1) is 0 Å². The maximum Gasteiger partial charge on any atom is 0.255 e. The Morgan fingerprint density at radius 1 is 1.30 bits per heavy atom. The lowest BCUT2D eigenvalue weighted by molar-refractivity contribution is 0.0737. The third-order valence-electron chi connectivity index (χ3n) is 3.32. The molecule has 5 nitrogen and oxygen atoms in total. The number of carbonyl (C=O) groups excluding carboxylic acids is 1. The van der Waals surface area contributed by atoms with Gasteiger partial charge in [-0.3, -0.25) is 4.79 Å². The summed E-state index contributed by atoms with van der Waals surface area (Å²) in [5.41, 5.74) is 0.139. The van der Waals surface area contributed by atoms with Crippen LogP contribution in [0.5, 0.6) is 0 Å². The first kappa shape index (κ1) is 16.7. The van der Waals surface area contributed by atoms with Crippen LogP contribution in [-0.4, -0.2) is 32.3 Å². The van der Waals surface area contributed by atoms with Crippen LogP contribution in [0.3, 0.4) is 0 Å². The fourth-order valence-electron chi connectivity index (χ4n) is 1.92. The van der Waals surface area contributed by atoms with E-state index in [0.29, 0.717) is 19.0 Å². The first-order valence-electron chi connectivity index (χ1n) is 6.72. The first-order valence-corrected chi connectivity index (χ1v) is 8.27. The summed E-state index contributed by atoms with van der Waals surface area (Å²) in [6.45, 7) is 7.12. The second kappa shape index (κ2) is 6.85. The van der Waals surface area contributed by atoms with Gasteiger partial charge in [-0.05, 0) is 25.0 Å². The monoisotopic (exact) mass is 298 g/mol. The highest BCUT2D eigenvalue weighted by molar-refractivity contribution is 7.89. The molecule has 1 amide bonds. The number of rotatable bonds is 6. The average molecular weight is 298 g/mol. The number of hydrogen-bond donors (Lipinski definition) is 1. The summed E-state index contributed by atoms with van der Waals surface area (Å²) in [6, 6.07) is 6.06. The highest BCUT2D eigenvalue weighted by Crippen LogP contribution is 2.17. The van der Waals surface area contributed by atoms with Gasteiger partial charge in [0.15, 0.2) is 0 Å². The van der Waals surface area contributed by atoms with Crippen LogP contribution in [0.2, 0.25) is 0 Å². The molecule has 0 aliphatic heterocycles. The molecule has 1 rings (SSSR count). The van der Waals surface area contributed by atoms with Crippen molar-refractivity contribution in [2.24, 2.45) is 11.1 Å². The van der Waals surface area contributed by atoms with Crippen LogP contribution in [0.4, 0.5) is 0 Å². The van der Waals surface area contributed by atoms with Gasteiger partial charge in [-0.25, -0.2) is 13.6 Å². The molecule has 1 atom stereocenters. The van der Waals surface area contributed by atoms with Crippen LogP contribution in [-0.2, 0) is 10.0 Å². The maximum absolute atomic E-state index is 12.5. The Balaban J connectivity index is 3.14. The number of nitrogens with zero attached hydrogens (tertiary/aromatic N) is 1. The number of amides is 1. The summed E-state index contributed by atoms with van der Waals surface area (Å²) >= 11 is 0. The predicted molar refractivity (Wildman–Crippen MR) is 78.8 cm³/mol. The molecule has 1 aromatic rings. The van der Waals surface area contributed by atoms with E-state index in [4.69, 9.17) is 5.14 Å². The van der Waals surface area contributed by atoms with Crippen molar-refractivity contribution in [2.45, 2.75) is 32.1 Å². The predicted octanol–water partition coefficient (Wildman–Crippen LogP) is 1.84. The molecular formula is C14H22N2O3S. The van der Waals surface area contributed by atoms with Crippen LogP contribution in [0.25, 0.3) is 0 Å². The standard InChI is InChI=1S/C14H22N2O3S/c1-4-11(3)10-16(5-2)14(17)12-8-6-7-9-13(12)20(15,18)19/h6-9,11H,4-5,10H2,1-3H3,(H2,15,18,19). The van der Waals surface area contributed by atoms with Crippen molar-refractivity contribution >= 4 is 15.9 Å². The first-order chi connectivity index (χ1) is 9.31. The molecule has 0 radical (unpaired) electrons. The number of benzene rings is 1. The third kappa shape index (κ3) is 4.05. The summed E-state index contributed by atoms with van der Waals surface area (Å²) in [7, 11) is -3.90. The summed E-state index contributed by atoms with van der Waals surface area (Å²) in [6.07, 6.45) is 0.959. The Kier molecular flexibility index (Phi) is 5.71. The molecular weight excluding hydrogens is 276 g/mol. The normalized spacial score (nSPS) is 13.0. The zero-order valence-corrected chi connectivity index (χ0v) is 13.0. The molecule has 6 heteroatoms. The zero-order valence-electron chi connectivity index (χ0n) is 12.2. The van der Waals surface area contributed by atoms with Crippen molar-refractivity contribution in [1.29, 1.82) is 0 Å². The van der Waals surface area contributed by atoms with Gasteiger partial charge in [0.25, 0.3) is 5.91 Å². The quantitative estimate of drug-likeness (QED) is 0.870. The van der Waals surface area contributed by atoms with E-state index in [1.807, 2.05) is 6.92 Å². The second-order valence-electron chi connectivity index (χ2n) is 4.90. The van der Waals surface area contributed by atoms with Gasteiger partial charge in [0, 0.05) is 13.1 Å². The molecule has 0 spiro atoms. The Morgan fingerprint density at radius 2 is 1.90 bits per heavy atom. The molecule has 2 N–H and O–H groups in total. The van der Waals surface area contributed by atoms with Crippen LogP contribution >= 0.6 is 0 Å². The van der Waals surface area contributed by atoms with E-state index in [1.165, 1.54) is 12.1 Å². The molecule has 0 aliphatic rings. The molecule has 0 aliphatic carbocycles. The molecule has 0 bridgehead atoms. The summed E-state index contributed by atoms with van der Waals surface area (Å²) in [5.74, 6) is 0.0676. The van der Waals surface area contributed by atoms with Crippen LogP contribution in [0.15, 0.2) is 29.2 Å². The fourth-order valence-corrected chi connectivity index (χ4v) is 2.65. The number of hydrogen-bond acceptors (Lipinski definition) is 3. The van der Waals surface area contributed by atoms with E-state index in [1.54, 1.807) is 17.0 Å². The lowest BCUT2D eigenvalue weighted by Crippen LogP contribution is -2.35. The molecule has 0 saturated heterocycles. The maximum atomic E-state index is 12.5. The molecule has 1 aromatic carbocycles. The van der Waals surface area contributed by atoms with Gasteiger partial charge in [-0.2, -0.15) is 0 Å². The van der Waals surface area contributed by atoms with Crippen molar-refractivity contribution in [2.75, 3.05) is 13.1 Å². The van der Waals surface area contributed by atoms with Crippen molar-refractivity contribution in [3.63, 3.8) is 0 Å². The minimum Gasteiger partial charge on any atom is -0.339 e. The van der Waals surface area contributed by atoms with Gasteiger partial charge in [-0.1, -0.05) is 32.4 Å². The molecule has 0 aromatic heterocycles. The van der Waals surface area contributed by atoms with E-state index in [2.05, 4.69) is 13.8 Å². The molecule has 112 valence electrons. The topological polar surface area (TPSA) is 80.5 Å². The van der Waals surface area contributed by atoms with Crippen molar-refractivity contribution in [3.05, 3.63) is 29.8 Å². The number of carbonyl (C=O) groups is 1. The summed E-state index contributed by atoms with van der Waals surface area (Å²) < 4.78 is 23.1. The van der Waals surface area contributed by atoms with Gasteiger partial charge in [0.05, 0.1) is 10.5 Å². The minimum atomic E-state index is -3.90. The SMILES string of the molecule is CCC(C)CN(CC)C(=O)c1ccccc1S(N)(=O)=O. The minimum absolute atomic E-state index is 0.118. The highest BCUT2D eigenvalue weighted by Gasteiger charge is 2.23. The van der Waals surface area contributed by atoms with E-state index >= 15 is 0 Å². The van der Waals surface area contributed by atoms with Crippen molar-refractivity contribution in [1.82, 2.24) is 4.90 Å². The van der Waals surface area contributed by atoms with Crippen molar-refractivity contribution in [3.8, 4) is 0 Å². The summed E-state index contributed by atoms with van der Waals surface area (Å²) in [4.78, 5) is 14.0. The smallest absolute Gasteiger partial charge is 0.255 e. The zero-order chi connectivity index (χ0) is 15.3. The number of primary sulfonamides is 1. The van der Waals surface area contributed by atoms with Crippen LogP contribution in [0, 0.1) is 5.92 Å². The average Bonchev–Trinajstić information content (AvgIpc) is 2.42. The Morgan fingerprint density at radius 3 is 2.40 bits per heavy atom. The van der Waals surface area contributed by atoms with E-state index in [9.17, 15) is 13.2 Å². The van der Waals surface area contributed by atoms with Gasteiger partial charge in [0.2, 0.25) is 10.0 Å². The molecule has 0 heterocycles. The fraction of sp³-hybridized carbons (Fsp3) is 0.500. The molecule has 20 heavy (non-hydrogen) atoms. The Hall–Kier alpha value is -1.40. The van der Waals surface area contributed by atoms with E-state index < -0.39 is 10.0 Å². The van der Waals surface area contributed by atoms with E-state index in [-0.39, 0.29) is 16.4 Å². The Bertz CT molecular complexity index is 570. The number of sulfonamides is 1. The molecule has 0 fully saturated rings. The highest BCUT2D eigenvalue weighted by atomic mass is 32.2.